The lowest BCUT2D eigenvalue weighted by Gasteiger charge is -2.37. The van der Waals surface area contributed by atoms with Gasteiger partial charge in [0.25, 0.3) is 0 Å². The van der Waals surface area contributed by atoms with Crippen LogP contribution in [0.4, 0.5) is 0 Å². The van der Waals surface area contributed by atoms with E-state index < -0.39 is 0 Å². The van der Waals surface area contributed by atoms with Gasteiger partial charge in [-0.05, 0) is 24.5 Å². The number of rotatable bonds is 1. The summed E-state index contributed by atoms with van der Waals surface area (Å²) in [4.78, 5) is 17.1. The average molecular weight is 276 g/mol. The van der Waals surface area contributed by atoms with E-state index in [0.717, 1.165) is 29.2 Å². The third-order valence-electron chi connectivity index (χ3n) is 3.97. The van der Waals surface area contributed by atoms with Crippen molar-refractivity contribution in [3.05, 3.63) is 11.3 Å². The maximum atomic E-state index is 12.4. The van der Waals surface area contributed by atoms with E-state index in [0.29, 0.717) is 6.42 Å². The number of carbonyl (C=O) groups is 1. The number of thioether (sulfide) groups is 1. The Balaban J connectivity index is 2.53. The number of ketones is 1. The van der Waals surface area contributed by atoms with Crippen molar-refractivity contribution >= 4 is 22.6 Å². The number of hydrogen-bond donors (Lipinski definition) is 0. The minimum Gasteiger partial charge on any atom is -0.294 e. The molecule has 0 N–H and O–H groups in total. The fourth-order valence-electron chi connectivity index (χ4n) is 3.12. The summed E-state index contributed by atoms with van der Waals surface area (Å²) < 4.78 is 0. The van der Waals surface area contributed by atoms with Crippen LogP contribution in [0.15, 0.2) is 16.3 Å². The van der Waals surface area contributed by atoms with Gasteiger partial charge in [0.05, 0.1) is 11.1 Å². The zero-order valence-corrected chi connectivity index (χ0v) is 12.8. The smallest absolute Gasteiger partial charge is 0.161 e. The van der Waals surface area contributed by atoms with Gasteiger partial charge in [-0.15, -0.1) is 11.8 Å². The summed E-state index contributed by atoms with van der Waals surface area (Å²) in [6, 6.07) is 2.34. The second kappa shape index (κ2) is 5.13. The molecule has 0 saturated carbocycles. The van der Waals surface area contributed by atoms with E-state index >= 15 is 0 Å². The molecule has 0 saturated heterocycles. The standard InChI is InChI=1S/C15H20N2OS/c1-5-9-10(8-16)14(19-4)17-11-6-15(2,3)7-12(18)13(9)11/h9-10H,5-7H2,1-4H3. The monoisotopic (exact) mass is 276 g/mol. The van der Waals surface area contributed by atoms with Crippen molar-refractivity contribution in [3.8, 4) is 6.07 Å². The molecule has 1 aliphatic heterocycles. The van der Waals surface area contributed by atoms with Gasteiger partial charge in [0.2, 0.25) is 0 Å². The van der Waals surface area contributed by atoms with Crippen LogP contribution in [-0.2, 0) is 4.79 Å². The van der Waals surface area contributed by atoms with E-state index in [1.54, 1.807) is 0 Å². The molecule has 19 heavy (non-hydrogen) atoms. The summed E-state index contributed by atoms with van der Waals surface area (Å²) in [5.41, 5.74) is 1.76. The summed E-state index contributed by atoms with van der Waals surface area (Å²) in [7, 11) is 0. The van der Waals surface area contributed by atoms with Crippen LogP contribution >= 0.6 is 11.8 Å². The molecule has 2 rings (SSSR count). The summed E-state index contributed by atoms with van der Waals surface area (Å²) in [5, 5.41) is 10.3. The van der Waals surface area contributed by atoms with Gasteiger partial charge in [-0.2, -0.15) is 5.26 Å². The largest absolute Gasteiger partial charge is 0.294 e. The molecule has 0 spiro atoms. The SMILES string of the molecule is CCC1C2=C(CC(C)(C)CC2=O)N=C(SC)C1C#N. The molecule has 0 aromatic rings. The Morgan fingerprint density at radius 2 is 2.16 bits per heavy atom. The Morgan fingerprint density at radius 1 is 1.47 bits per heavy atom. The van der Waals surface area contributed by atoms with E-state index in [2.05, 4.69) is 31.8 Å². The van der Waals surface area contributed by atoms with Crippen molar-refractivity contribution < 1.29 is 4.79 Å². The molecule has 3 nitrogen and oxygen atoms in total. The van der Waals surface area contributed by atoms with Gasteiger partial charge in [0.1, 0.15) is 5.92 Å². The lowest BCUT2D eigenvalue weighted by atomic mass is 9.69. The number of Topliss-reactive ketones (excluding diaryl/α,β-unsaturated/α-hetero) is 1. The first-order valence-corrected chi connectivity index (χ1v) is 7.94. The zero-order valence-electron chi connectivity index (χ0n) is 12.0. The molecular formula is C15H20N2OS. The van der Waals surface area contributed by atoms with Gasteiger partial charge in [0.15, 0.2) is 5.78 Å². The molecule has 102 valence electrons. The topological polar surface area (TPSA) is 53.2 Å². The maximum Gasteiger partial charge on any atom is 0.161 e. The lowest BCUT2D eigenvalue weighted by molar-refractivity contribution is -0.118. The quantitative estimate of drug-likeness (QED) is 0.735. The third kappa shape index (κ3) is 2.49. The Bertz CT molecular complexity index is 511. The van der Waals surface area contributed by atoms with Crippen LogP contribution in [0.5, 0.6) is 0 Å². The van der Waals surface area contributed by atoms with E-state index in [4.69, 9.17) is 0 Å². The predicted octanol–water partition coefficient (Wildman–Crippen LogP) is 3.57. The van der Waals surface area contributed by atoms with Gasteiger partial charge >= 0.3 is 0 Å². The van der Waals surface area contributed by atoms with Crippen molar-refractivity contribution in [3.63, 3.8) is 0 Å². The van der Waals surface area contributed by atoms with Crippen LogP contribution < -0.4 is 0 Å². The Kier molecular flexibility index (Phi) is 3.87. The molecule has 0 amide bonds. The van der Waals surface area contributed by atoms with Crippen molar-refractivity contribution in [2.45, 2.75) is 40.0 Å². The van der Waals surface area contributed by atoms with Gasteiger partial charge in [-0.1, -0.05) is 20.8 Å². The van der Waals surface area contributed by atoms with Crippen LogP contribution in [0.3, 0.4) is 0 Å². The molecule has 4 heteroatoms. The molecule has 1 aliphatic carbocycles. The Hall–Kier alpha value is -1.08. The minimum atomic E-state index is -0.246. The molecule has 0 aromatic carbocycles. The van der Waals surface area contributed by atoms with E-state index in [1.165, 1.54) is 11.8 Å². The molecule has 2 atom stereocenters. The number of carbonyl (C=O) groups excluding carboxylic acids is 1. The number of hydrogen-bond acceptors (Lipinski definition) is 4. The van der Waals surface area contributed by atoms with Crippen molar-refractivity contribution in [1.29, 1.82) is 5.26 Å². The Labute approximate surface area is 119 Å². The molecule has 0 bridgehead atoms. The normalized spacial score (nSPS) is 29.6. The second-order valence-electron chi connectivity index (χ2n) is 6.08. The molecular weight excluding hydrogens is 256 g/mol. The fourth-order valence-corrected chi connectivity index (χ4v) is 3.79. The van der Waals surface area contributed by atoms with Crippen LogP contribution in [-0.4, -0.2) is 17.1 Å². The number of aliphatic imine (C=N–C) groups is 1. The summed E-state index contributed by atoms with van der Waals surface area (Å²) in [6.45, 7) is 6.27. The number of allylic oxidation sites excluding steroid dienone is 2. The maximum absolute atomic E-state index is 12.4. The summed E-state index contributed by atoms with van der Waals surface area (Å²) in [6.07, 6.45) is 4.19. The fraction of sp³-hybridized carbons (Fsp3) is 0.667. The molecule has 0 fully saturated rings. The van der Waals surface area contributed by atoms with Crippen LogP contribution in [0.25, 0.3) is 0 Å². The molecule has 0 aromatic heterocycles. The highest BCUT2D eigenvalue weighted by Gasteiger charge is 2.42. The van der Waals surface area contributed by atoms with E-state index in [1.807, 2.05) is 6.26 Å². The van der Waals surface area contributed by atoms with Crippen LogP contribution in [0.1, 0.15) is 40.0 Å². The number of nitriles is 1. The highest BCUT2D eigenvalue weighted by atomic mass is 32.2. The number of nitrogens with zero attached hydrogens (tertiary/aromatic N) is 2. The lowest BCUT2D eigenvalue weighted by Crippen LogP contribution is -2.35. The summed E-state index contributed by atoms with van der Waals surface area (Å²) >= 11 is 1.54. The minimum absolute atomic E-state index is 0.0132. The van der Waals surface area contributed by atoms with E-state index in [9.17, 15) is 10.1 Å². The molecule has 2 aliphatic rings. The molecule has 2 unspecified atom stereocenters. The van der Waals surface area contributed by atoms with Crippen molar-refractivity contribution in [1.82, 2.24) is 0 Å². The first-order valence-electron chi connectivity index (χ1n) is 6.72. The highest BCUT2D eigenvalue weighted by Crippen LogP contribution is 2.45. The van der Waals surface area contributed by atoms with Gasteiger partial charge < -0.3 is 0 Å². The zero-order chi connectivity index (χ0) is 14.2. The van der Waals surface area contributed by atoms with Crippen molar-refractivity contribution in [2.24, 2.45) is 22.2 Å². The van der Waals surface area contributed by atoms with Crippen LogP contribution in [0, 0.1) is 28.6 Å². The third-order valence-corrected chi connectivity index (χ3v) is 4.73. The van der Waals surface area contributed by atoms with Gasteiger partial charge in [-0.25, -0.2) is 4.99 Å². The van der Waals surface area contributed by atoms with E-state index in [-0.39, 0.29) is 23.0 Å². The Morgan fingerprint density at radius 3 is 2.68 bits per heavy atom. The van der Waals surface area contributed by atoms with Crippen LogP contribution in [0.2, 0.25) is 0 Å². The van der Waals surface area contributed by atoms with Crippen molar-refractivity contribution in [2.75, 3.05) is 6.26 Å². The molecule has 1 heterocycles. The molecule has 0 radical (unpaired) electrons. The average Bonchev–Trinajstić information content (AvgIpc) is 2.34. The first-order chi connectivity index (χ1) is 8.93. The van der Waals surface area contributed by atoms with Gasteiger partial charge in [-0.3, -0.25) is 4.79 Å². The van der Waals surface area contributed by atoms with Gasteiger partial charge in [0, 0.05) is 23.6 Å². The highest BCUT2D eigenvalue weighted by molar-refractivity contribution is 8.13. The first kappa shape index (κ1) is 14.3. The second-order valence-corrected chi connectivity index (χ2v) is 6.90. The summed E-state index contributed by atoms with van der Waals surface area (Å²) in [5.74, 6) is -0.0188. The predicted molar refractivity (Wildman–Crippen MR) is 78.9 cm³/mol.